The van der Waals surface area contributed by atoms with Gasteiger partial charge in [0.1, 0.15) is 5.82 Å². The first-order valence-electron chi connectivity index (χ1n) is 13.8. The summed E-state index contributed by atoms with van der Waals surface area (Å²) in [4.78, 5) is 32.1. The smallest absolute Gasteiger partial charge is 0.233 e. The molecule has 4 N–H and O–H groups in total. The number of aromatic amines is 1. The summed E-state index contributed by atoms with van der Waals surface area (Å²) in [7, 11) is 0. The maximum Gasteiger partial charge on any atom is 0.233 e. The number of H-pyrrole nitrogens is 1. The number of β-amino-alcohol motifs (C(OH)–C–C–N with tert-alkyl or cyclic N) is 1. The molecule has 1 atom stereocenters. The van der Waals surface area contributed by atoms with Gasteiger partial charge in [0.2, 0.25) is 18.1 Å². The number of benzene rings is 1. The molecule has 212 valence electrons. The van der Waals surface area contributed by atoms with Crippen LogP contribution >= 0.6 is 0 Å². The quantitative estimate of drug-likeness (QED) is 0.364. The third-order valence-corrected chi connectivity index (χ3v) is 7.72. The maximum absolute atomic E-state index is 13.7. The number of nitrogens with zero attached hydrogens (tertiary/aromatic N) is 4. The Morgan fingerprint density at radius 1 is 1.12 bits per heavy atom. The second-order valence-electron chi connectivity index (χ2n) is 11.0. The van der Waals surface area contributed by atoms with Gasteiger partial charge >= 0.3 is 0 Å². The zero-order valence-corrected chi connectivity index (χ0v) is 22.4. The average molecular weight is 552 g/mol. The molecule has 6 rings (SSSR count). The van der Waals surface area contributed by atoms with Crippen LogP contribution < -0.4 is 10.6 Å². The van der Waals surface area contributed by atoms with Crippen molar-refractivity contribution < 1.29 is 23.8 Å². The number of carbonyl (C=O) groups excluding carboxylic acids is 1. The van der Waals surface area contributed by atoms with Crippen molar-refractivity contribution in [1.82, 2.24) is 30.2 Å². The van der Waals surface area contributed by atoms with Crippen molar-refractivity contribution in [3.05, 3.63) is 48.2 Å². The van der Waals surface area contributed by atoms with Crippen LogP contribution in [0.3, 0.4) is 0 Å². The minimum absolute atomic E-state index is 0.0932. The third kappa shape index (κ3) is 5.57. The number of amides is 1. The molecule has 12 heteroatoms. The molecular formula is C28H34FN7O4. The summed E-state index contributed by atoms with van der Waals surface area (Å²) < 4.78 is 25.8. The topological polar surface area (TPSA) is 138 Å². The van der Waals surface area contributed by atoms with E-state index in [0.717, 1.165) is 25.9 Å². The third-order valence-electron chi connectivity index (χ3n) is 7.72. The zero-order valence-electron chi connectivity index (χ0n) is 22.4. The normalized spacial score (nSPS) is 25.7. The molecular weight excluding hydrogens is 517 g/mol. The number of rotatable bonds is 6. The van der Waals surface area contributed by atoms with E-state index in [1.54, 1.807) is 29.3 Å². The lowest BCUT2D eigenvalue weighted by molar-refractivity contribution is -0.234. The molecule has 0 bridgehead atoms. The van der Waals surface area contributed by atoms with Gasteiger partial charge in [-0.3, -0.25) is 4.79 Å². The second-order valence-corrected chi connectivity index (χ2v) is 11.0. The van der Waals surface area contributed by atoms with E-state index in [-0.39, 0.29) is 31.0 Å². The van der Waals surface area contributed by atoms with E-state index < -0.39 is 17.8 Å². The number of likely N-dealkylation sites (tertiary alicyclic amines) is 1. The van der Waals surface area contributed by atoms with E-state index >= 15 is 0 Å². The predicted molar refractivity (Wildman–Crippen MR) is 144 cm³/mol. The number of ether oxygens (including phenoxy) is 2. The zero-order chi connectivity index (χ0) is 27.7. The van der Waals surface area contributed by atoms with Gasteiger partial charge in [-0.2, -0.15) is 0 Å². The number of aliphatic hydroxyl groups excluding tert-OH is 1. The molecule has 1 amide bonds. The van der Waals surface area contributed by atoms with Crippen molar-refractivity contribution in [2.24, 2.45) is 5.41 Å². The summed E-state index contributed by atoms with van der Waals surface area (Å²) >= 11 is 0. The number of anilines is 1. The highest BCUT2D eigenvalue weighted by atomic mass is 19.1. The van der Waals surface area contributed by atoms with Crippen LogP contribution in [0.4, 0.5) is 10.3 Å². The first-order valence-corrected chi connectivity index (χ1v) is 13.8. The SMILES string of the molecule is CC1(C(=O)N2CCC(O)C2)COC(c2nc(-c3ccc(F)cc3)c(-c3ccnc(NC4CCNCC4)n3)[nH]2)OC1. The van der Waals surface area contributed by atoms with E-state index in [2.05, 4.69) is 20.6 Å². The first-order chi connectivity index (χ1) is 19.4. The molecule has 3 aliphatic heterocycles. The Bertz CT molecular complexity index is 1340. The number of halogens is 1. The summed E-state index contributed by atoms with van der Waals surface area (Å²) in [5.74, 6) is 0.512. The van der Waals surface area contributed by atoms with Gasteiger partial charge in [0.05, 0.1) is 41.8 Å². The van der Waals surface area contributed by atoms with Crippen LogP contribution in [-0.2, 0) is 14.3 Å². The van der Waals surface area contributed by atoms with Crippen molar-refractivity contribution in [1.29, 1.82) is 0 Å². The number of carbonyl (C=O) groups is 1. The predicted octanol–water partition coefficient (Wildman–Crippen LogP) is 2.48. The highest BCUT2D eigenvalue weighted by Crippen LogP contribution is 2.36. The van der Waals surface area contributed by atoms with E-state index in [9.17, 15) is 14.3 Å². The molecule has 3 fully saturated rings. The van der Waals surface area contributed by atoms with E-state index in [1.165, 1.54) is 12.1 Å². The number of hydrogen-bond donors (Lipinski definition) is 4. The van der Waals surface area contributed by atoms with Gasteiger partial charge in [-0.25, -0.2) is 19.3 Å². The minimum atomic E-state index is -0.863. The Hall–Kier alpha value is -3.45. The molecule has 0 saturated carbocycles. The van der Waals surface area contributed by atoms with Crippen LogP contribution in [0.15, 0.2) is 36.5 Å². The lowest BCUT2D eigenvalue weighted by Crippen LogP contribution is -2.49. The van der Waals surface area contributed by atoms with Gasteiger partial charge in [0.15, 0.2) is 5.82 Å². The maximum atomic E-state index is 13.7. The Labute approximate surface area is 231 Å². The Balaban J connectivity index is 1.25. The van der Waals surface area contributed by atoms with Crippen LogP contribution in [-0.4, -0.2) is 87.4 Å². The number of hydrogen-bond acceptors (Lipinski definition) is 9. The summed E-state index contributed by atoms with van der Waals surface area (Å²) in [5, 5.41) is 16.6. The van der Waals surface area contributed by atoms with E-state index in [1.807, 2.05) is 6.92 Å². The lowest BCUT2D eigenvalue weighted by atomic mass is 9.90. The van der Waals surface area contributed by atoms with Crippen LogP contribution in [0.2, 0.25) is 0 Å². The fourth-order valence-electron chi connectivity index (χ4n) is 5.42. The molecule has 1 aromatic carbocycles. The largest absolute Gasteiger partial charge is 0.391 e. The Morgan fingerprint density at radius 3 is 2.58 bits per heavy atom. The number of piperidine rings is 1. The molecule has 3 aliphatic rings. The second kappa shape index (κ2) is 11.2. The van der Waals surface area contributed by atoms with Crippen LogP contribution in [0, 0.1) is 11.2 Å². The summed E-state index contributed by atoms with van der Waals surface area (Å²) in [5.41, 5.74) is 1.66. The van der Waals surface area contributed by atoms with Gasteiger partial charge in [-0.05, 0) is 69.6 Å². The Kier molecular flexibility index (Phi) is 7.49. The molecule has 3 aromatic rings. The molecule has 1 unspecified atom stereocenters. The summed E-state index contributed by atoms with van der Waals surface area (Å²) in [6, 6.07) is 8.18. The highest BCUT2D eigenvalue weighted by molar-refractivity contribution is 5.83. The van der Waals surface area contributed by atoms with Crippen molar-refractivity contribution in [2.75, 3.05) is 44.7 Å². The number of nitrogens with one attached hydrogen (secondary N) is 3. The minimum Gasteiger partial charge on any atom is -0.391 e. The van der Waals surface area contributed by atoms with Crippen LogP contribution in [0.1, 0.15) is 38.3 Å². The van der Waals surface area contributed by atoms with E-state index in [4.69, 9.17) is 19.4 Å². The van der Waals surface area contributed by atoms with Gasteiger partial charge in [-0.15, -0.1) is 0 Å². The number of aliphatic hydroxyl groups is 1. The Morgan fingerprint density at radius 2 is 1.88 bits per heavy atom. The molecule has 40 heavy (non-hydrogen) atoms. The average Bonchev–Trinajstić information content (AvgIpc) is 3.61. The van der Waals surface area contributed by atoms with Crippen LogP contribution in [0.5, 0.6) is 0 Å². The molecule has 0 radical (unpaired) electrons. The van der Waals surface area contributed by atoms with Gasteiger partial charge < -0.3 is 35.1 Å². The summed E-state index contributed by atoms with van der Waals surface area (Å²) in [6.07, 6.45) is 2.92. The van der Waals surface area contributed by atoms with Crippen molar-refractivity contribution in [2.45, 2.75) is 44.6 Å². The van der Waals surface area contributed by atoms with Gasteiger partial charge in [-0.1, -0.05) is 0 Å². The van der Waals surface area contributed by atoms with E-state index in [0.29, 0.717) is 53.9 Å². The van der Waals surface area contributed by atoms with Gasteiger partial charge in [0.25, 0.3) is 0 Å². The van der Waals surface area contributed by atoms with Crippen molar-refractivity contribution >= 4 is 11.9 Å². The molecule has 2 aromatic heterocycles. The fourth-order valence-corrected chi connectivity index (χ4v) is 5.42. The molecule has 0 aliphatic carbocycles. The standard InChI is InChI=1S/C28H34FN7O4/c1-28(26(38)36-13-9-20(37)14-36)15-39-25(40-16-28)24-34-22(17-2-4-18(29)5-3-17)23(35-24)21-8-12-31-27(33-21)32-19-6-10-30-11-7-19/h2-5,8,12,19-20,25,30,37H,6-7,9-11,13-16H2,1H3,(H,34,35)(H,31,32,33). The molecule has 11 nitrogen and oxygen atoms in total. The van der Waals surface area contributed by atoms with Crippen molar-refractivity contribution in [3.8, 4) is 22.6 Å². The van der Waals surface area contributed by atoms with Gasteiger partial charge in [0, 0.05) is 30.9 Å². The lowest BCUT2D eigenvalue weighted by Gasteiger charge is -2.37. The summed E-state index contributed by atoms with van der Waals surface area (Å²) in [6.45, 7) is 4.84. The molecule has 0 spiro atoms. The van der Waals surface area contributed by atoms with Crippen molar-refractivity contribution in [3.63, 3.8) is 0 Å². The monoisotopic (exact) mass is 551 g/mol. The number of imidazole rings is 1. The molecule has 3 saturated heterocycles. The first kappa shape index (κ1) is 26.8. The van der Waals surface area contributed by atoms with Crippen LogP contribution in [0.25, 0.3) is 22.6 Å². The highest BCUT2D eigenvalue weighted by Gasteiger charge is 2.44. The molecule has 5 heterocycles. The number of aromatic nitrogens is 4. The fraction of sp³-hybridized carbons (Fsp3) is 0.500.